The van der Waals surface area contributed by atoms with Crippen molar-refractivity contribution in [1.82, 2.24) is 4.98 Å². The highest BCUT2D eigenvalue weighted by Gasteiger charge is 2.40. The molecule has 3 rings (SSSR count). The van der Waals surface area contributed by atoms with Gasteiger partial charge < -0.3 is 20.1 Å². The van der Waals surface area contributed by atoms with Crippen molar-refractivity contribution >= 4 is 29.4 Å². The van der Waals surface area contributed by atoms with Gasteiger partial charge in [0.05, 0.1) is 19.1 Å². The standard InChI is InChI=1S/C30H45N3O5/c1-3-28(34)32-26-20-24(21-27(31-26)33-29(35)4-2)37-16-12-10-8-6-5-7-9-11-13-17-38-30(36)25-19-22-14-15-23(25)18-22/h14-15,20-23,25H,3-13,16-19H2,1-2H3,(H2,31,32,33,34,35)/t22-,23+,25+/m1/s1. The molecule has 210 valence electrons. The van der Waals surface area contributed by atoms with Gasteiger partial charge in [-0.1, -0.05) is 70.9 Å². The molecule has 0 unspecified atom stereocenters. The van der Waals surface area contributed by atoms with E-state index in [1.165, 1.54) is 32.1 Å². The summed E-state index contributed by atoms with van der Waals surface area (Å²) in [7, 11) is 0. The van der Waals surface area contributed by atoms with E-state index in [0.717, 1.165) is 38.5 Å². The van der Waals surface area contributed by atoms with E-state index >= 15 is 0 Å². The second-order valence-corrected chi connectivity index (χ2v) is 10.5. The van der Waals surface area contributed by atoms with Crippen LogP contribution in [0.5, 0.6) is 5.75 Å². The highest BCUT2D eigenvalue weighted by molar-refractivity contribution is 5.92. The number of nitrogens with zero attached hydrogens (tertiary/aromatic N) is 1. The van der Waals surface area contributed by atoms with E-state index < -0.39 is 0 Å². The molecular weight excluding hydrogens is 482 g/mol. The normalized spacial score (nSPS) is 19.4. The van der Waals surface area contributed by atoms with E-state index in [1.54, 1.807) is 26.0 Å². The number of allylic oxidation sites excluding steroid dienone is 2. The van der Waals surface area contributed by atoms with Crippen molar-refractivity contribution in [3.05, 3.63) is 24.3 Å². The Balaban J connectivity index is 1.19. The topological polar surface area (TPSA) is 107 Å². The number of fused-ring (bicyclic) bond motifs is 2. The lowest BCUT2D eigenvalue weighted by atomic mass is 9.94. The zero-order valence-corrected chi connectivity index (χ0v) is 23.1. The van der Waals surface area contributed by atoms with Crippen LogP contribution in [0.3, 0.4) is 0 Å². The van der Waals surface area contributed by atoms with Crippen LogP contribution in [0.15, 0.2) is 24.3 Å². The number of unbranched alkanes of at least 4 members (excludes halogenated alkanes) is 8. The molecule has 1 aromatic rings. The number of carbonyl (C=O) groups is 3. The van der Waals surface area contributed by atoms with E-state index in [0.29, 0.717) is 55.3 Å². The summed E-state index contributed by atoms with van der Waals surface area (Å²) in [6.07, 6.45) is 17.4. The third-order valence-electron chi connectivity index (χ3n) is 7.36. The summed E-state index contributed by atoms with van der Waals surface area (Å²) in [4.78, 5) is 40.0. The highest BCUT2D eigenvalue weighted by atomic mass is 16.5. The van der Waals surface area contributed by atoms with Gasteiger partial charge in [0.1, 0.15) is 17.4 Å². The van der Waals surface area contributed by atoms with Gasteiger partial charge in [-0.05, 0) is 37.5 Å². The number of rotatable bonds is 18. The molecule has 0 saturated heterocycles. The van der Waals surface area contributed by atoms with Gasteiger partial charge in [0, 0.05) is 25.0 Å². The Morgan fingerprint density at radius 3 is 1.84 bits per heavy atom. The van der Waals surface area contributed by atoms with E-state index in [-0.39, 0.29) is 23.7 Å². The molecule has 3 atom stereocenters. The molecule has 0 spiro atoms. The summed E-state index contributed by atoms with van der Waals surface area (Å²) in [6, 6.07) is 3.37. The number of ether oxygens (including phenoxy) is 2. The lowest BCUT2D eigenvalue weighted by Crippen LogP contribution is -2.21. The van der Waals surface area contributed by atoms with Gasteiger partial charge in [0.25, 0.3) is 0 Å². The minimum Gasteiger partial charge on any atom is -0.493 e. The molecule has 8 nitrogen and oxygen atoms in total. The molecule has 0 aromatic carbocycles. The number of amides is 2. The number of esters is 1. The molecule has 2 N–H and O–H groups in total. The predicted molar refractivity (Wildman–Crippen MR) is 149 cm³/mol. The van der Waals surface area contributed by atoms with Crippen LogP contribution < -0.4 is 15.4 Å². The molecule has 1 heterocycles. The Morgan fingerprint density at radius 2 is 1.34 bits per heavy atom. The summed E-state index contributed by atoms with van der Waals surface area (Å²) >= 11 is 0. The summed E-state index contributed by atoms with van der Waals surface area (Å²) in [5, 5.41) is 5.45. The summed E-state index contributed by atoms with van der Waals surface area (Å²) in [5.41, 5.74) is 0. The fraction of sp³-hybridized carbons (Fsp3) is 0.667. The molecule has 0 aliphatic heterocycles. The van der Waals surface area contributed by atoms with Crippen LogP contribution >= 0.6 is 0 Å². The second-order valence-electron chi connectivity index (χ2n) is 10.5. The zero-order chi connectivity index (χ0) is 27.2. The first kappa shape index (κ1) is 29.7. The number of pyridine rings is 1. The van der Waals surface area contributed by atoms with Gasteiger partial charge in [-0.2, -0.15) is 0 Å². The fourth-order valence-electron chi connectivity index (χ4n) is 5.14. The first-order chi connectivity index (χ1) is 18.5. The first-order valence-corrected chi connectivity index (χ1v) is 14.6. The lowest BCUT2D eigenvalue weighted by molar-refractivity contribution is -0.149. The smallest absolute Gasteiger partial charge is 0.309 e. The fourth-order valence-corrected chi connectivity index (χ4v) is 5.14. The molecule has 38 heavy (non-hydrogen) atoms. The monoisotopic (exact) mass is 527 g/mol. The van der Waals surface area contributed by atoms with Crippen LogP contribution in [0, 0.1) is 17.8 Å². The van der Waals surface area contributed by atoms with Gasteiger partial charge in [-0.25, -0.2) is 4.98 Å². The van der Waals surface area contributed by atoms with Gasteiger partial charge >= 0.3 is 5.97 Å². The van der Waals surface area contributed by atoms with E-state index in [1.807, 2.05) is 0 Å². The molecule has 1 fully saturated rings. The van der Waals surface area contributed by atoms with E-state index in [9.17, 15) is 14.4 Å². The maximum Gasteiger partial charge on any atom is 0.309 e. The van der Waals surface area contributed by atoms with E-state index in [4.69, 9.17) is 9.47 Å². The van der Waals surface area contributed by atoms with Crippen LogP contribution in [-0.4, -0.2) is 36.0 Å². The van der Waals surface area contributed by atoms with Crippen molar-refractivity contribution in [3.63, 3.8) is 0 Å². The molecule has 0 radical (unpaired) electrons. The van der Waals surface area contributed by atoms with Crippen LogP contribution in [0.1, 0.15) is 97.3 Å². The summed E-state index contributed by atoms with van der Waals surface area (Å²) < 4.78 is 11.4. The summed E-state index contributed by atoms with van der Waals surface area (Å²) in [6.45, 7) is 4.68. The number of carbonyl (C=O) groups excluding carboxylic acids is 3. The highest BCUT2D eigenvalue weighted by Crippen LogP contribution is 2.43. The van der Waals surface area contributed by atoms with Crippen molar-refractivity contribution in [3.8, 4) is 5.75 Å². The largest absolute Gasteiger partial charge is 0.493 e. The molecule has 1 aromatic heterocycles. The van der Waals surface area contributed by atoms with Gasteiger partial charge in [-0.15, -0.1) is 0 Å². The molecular formula is C30H45N3O5. The van der Waals surface area contributed by atoms with Gasteiger partial charge in [-0.3, -0.25) is 14.4 Å². The van der Waals surface area contributed by atoms with Crippen LogP contribution in [0.25, 0.3) is 0 Å². The van der Waals surface area contributed by atoms with Gasteiger partial charge in [0.15, 0.2) is 0 Å². The van der Waals surface area contributed by atoms with Crippen LogP contribution in [-0.2, 0) is 19.1 Å². The number of hydrogen-bond acceptors (Lipinski definition) is 6. The van der Waals surface area contributed by atoms with Crippen molar-refractivity contribution < 1.29 is 23.9 Å². The molecule has 2 amide bonds. The Bertz CT molecular complexity index is 912. The predicted octanol–water partition coefficient (Wildman–Crippen LogP) is 6.42. The SMILES string of the molecule is CCC(=O)Nc1cc(OCCCCCCCCCCCOC(=O)[C@H]2C[C@@H]3C=C[C@H]2C3)cc(NC(=O)CC)n1. The quantitative estimate of drug-likeness (QED) is 0.130. The van der Waals surface area contributed by atoms with Crippen molar-refractivity contribution in [2.24, 2.45) is 17.8 Å². The molecule has 2 aliphatic carbocycles. The van der Waals surface area contributed by atoms with Gasteiger partial charge in [0.2, 0.25) is 11.8 Å². The van der Waals surface area contributed by atoms with Crippen molar-refractivity contribution in [2.75, 3.05) is 23.8 Å². The minimum atomic E-state index is -0.144. The first-order valence-electron chi connectivity index (χ1n) is 14.6. The Morgan fingerprint density at radius 1 is 0.789 bits per heavy atom. The zero-order valence-electron chi connectivity index (χ0n) is 23.1. The molecule has 8 heteroatoms. The molecule has 1 saturated carbocycles. The number of aromatic nitrogens is 1. The van der Waals surface area contributed by atoms with Crippen molar-refractivity contribution in [2.45, 2.75) is 97.3 Å². The molecule has 2 bridgehead atoms. The number of hydrogen-bond donors (Lipinski definition) is 2. The Hall–Kier alpha value is -2.90. The molecule has 2 aliphatic rings. The van der Waals surface area contributed by atoms with Crippen LogP contribution in [0.4, 0.5) is 11.6 Å². The number of anilines is 2. The minimum absolute atomic E-state index is 0.0159. The maximum atomic E-state index is 12.2. The average molecular weight is 528 g/mol. The summed E-state index contributed by atoms with van der Waals surface area (Å²) in [5.74, 6) is 2.19. The van der Waals surface area contributed by atoms with Crippen LogP contribution in [0.2, 0.25) is 0 Å². The second kappa shape index (κ2) is 16.1. The number of nitrogens with one attached hydrogen (secondary N) is 2. The Labute approximate surface area is 227 Å². The third-order valence-corrected chi connectivity index (χ3v) is 7.36. The average Bonchev–Trinajstić information content (AvgIpc) is 3.55. The Kier molecular flexibility index (Phi) is 12.6. The third kappa shape index (κ3) is 10.1. The lowest BCUT2D eigenvalue weighted by Gasteiger charge is -2.16. The van der Waals surface area contributed by atoms with Crippen molar-refractivity contribution in [1.29, 1.82) is 0 Å². The van der Waals surface area contributed by atoms with E-state index in [2.05, 4.69) is 27.8 Å². The maximum absolute atomic E-state index is 12.2.